The minimum absolute atomic E-state index is 0. The van der Waals surface area contributed by atoms with Crippen LogP contribution in [0.25, 0.3) is 0 Å². The Bertz CT molecular complexity index is 632. The van der Waals surface area contributed by atoms with Crippen LogP contribution in [0.1, 0.15) is 18.4 Å². The van der Waals surface area contributed by atoms with Crippen molar-refractivity contribution in [2.75, 3.05) is 53.7 Å². The lowest BCUT2D eigenvalue weighted by Gasteiger charge is -2.14. The summed E-state index contributed by atoms with van der Waals surface area (Å²) in [6.07, 6.45) is 2.58. The molecule has 1 aliphatic heterocycles. The smallest absolute Gasteiger partial charge is 0.387 e. The average molecular weight is 543 g/mol. The molecule has 0 aliphatic carbocycles. The predicted molar refractivity (Wildman–Crippen MR) is 122 cm³/mol. The maximum atomic E-state index is 12.5. The topological polar surface area (TPSA) is 73.3 Å². The van der Waals surface area contributed by atoms with E-state index in [1.54, 1.807) is 19.2 Å². The second-order valence-corrected chi connectivity index (χ2v) is 6.70. The average Bonchev–Trinajstić information content (AvgIpc) is 3.22. The van der Waals surface area contributed by atoms with Crippen LogP contribution in [0.3, 0.4) is 0 Å². The van der Waals surface area contributed by atoms with E-state index in [1.807, 2.05) is 6.07 Å². The van der Waals surface area contributed by atoms with E-state index in [2.05, 4.69) is 20.4 Å². The van der Waals surface area contributed by atoms with Gasteiger partial charge in [0.25, 0.3) is 0 Å². The molecule has 0 bridgehead atoms. The number of hydrogen-bond acceptors (Lipinski definition) is 5. The van der Waals surface area contributed by atoms with Gasteiger partial charge in [0.1, 0.15) is 0 Å². The van der Waals surface area contributed by atoms with Gasteiger partial charge in [-0.1, -0.05) is 6.07 Å². The number of guanidine groups is 1. The van der Waals surface area contributed by atoms with Crippen LogP contribution in [0.15, 0.2) is 23.2 Å². The molecule has 7 nitrogen and oxygen atoms in total. The number of rotatable bonds is 12. The molecule has 1 unspecified atom stereocenters. The van der Waals surface area contributed by atoms with E-state index in [0.29, 0.717) is 31.4 Å². The summed E-state index contributed by atoms with van der Waals surface area (Å²) in [5.74, 6) is 1.53. The van der Waals surface area contributed by atoms with Crippen molar-refractivity contribution < 1.29 is 27.7 Å². The molecule has 0 aromatic heterocycles. The van der Waals surface area contributed by atoms with Crippen LogP contribution in [0.5, 0.6) is 11.5 Å². The summed E-state index contributed by atoms with van der Waals surface area (Å²) in [5, 5.41) is 6.43. The van der Waals surface area contributed by atoms with Gasteiger partial charge in [0, 0.05) is 39.3 Å². The SMILES string of the molecule is CN=C(NCCCOCC1CCOC1)NCCc1ccc(OC)c(OC(F)F)c1.I. The molecule has 30 heavy (non-hydrogen) atoms. The molecule has 1 aliphatic rings. The Labute approximate surface area is 193 Å². The van der Waals surface area contributed by atoms with Crippen LogP contribution in [-0.4, -0.2) is 66.2 Å². The number of benzene rings is 1. The van der Waals surface area contributed by atoms with Crippen LogP contribution < -0.4 is 20.1 Å². The molecule has 0 amide bonds. The number of nitrogens with one attached hydrogen (secondary N) is 2. The number of methoxy groups -OCH3 is 1. The monoisotopic (exact) mass is 543 g/mol. The van der Waals surface area contributed by atoms with Crippen LogP contribution in [0.2, 0.25) is 0 Å². The van der Waals surface area contributed by atoms with E-state index < -0.39 is 6.61 Å². The maximum absolute atomic E-state index is 12.5. The summed E-state index contributed by atoms with van der Waals surface area (Å²) < 4.78 is 45.6. The first kappa shape index (κ1) is 26.6. The summed E-state index contributed by atoms with van der Waals surface area (Å²) >= 11 is 0. The summed E-state index contributed by atoms with van der Waals surface area (Å²) in [7, 11) is 3.12. The molecule has 1 saturated heterocycles. The third-order valence-corrected chi connectivity index (χ3v) is 4.51. The van der Waals surface area contributed by atoms with Gasteiger partial charge in [0.05, 0.1) is 20.3 Å². The van der Waals surface area contributed by atoms with Crippen molar-refractivity contribution in [3.63, 3.8) is 0 Å². The lowest BCUT2D eigenvalue weighted by Crippen LogP contribution is -2.39. The fraction of sp³-hybridized carbons (Fsp3) is 0.650. The van der Waals surface area contributed by atoms with Gasteiger partial charge in [-0.15, -0.1) is 24.0 Å². The third-order valence-electron chi connectivity index (χ3n) is 4.51. The molecule has 1 aromatic carbocycles. The normalized spacial score (nSPS) is 16.3. The zero-order chi connectivity index (χ0) is 20.9. The Hall–Kier alpha value is -1.40. The van der Waals surface area contributed by atoms with E-state index in [-0.39, 0.29) is 35.5 Å². The van der Waals surface area contributed by atoms with E-state index >= 15 is 0 Å². The van der Waals surface area contributed by atoms with Crippen molar-refractivity contribution in [3.05, 3.63) is 23.8 Å². The van der Waals surface area contributed by atoms with Gasteiger partial charge in [0.15, 0.2) is 17.5 Å². The van der Waals surface area contributed by atoms with Crippen molar-refractivity contribution >= 4 is 29.9 Å². The molecule has 1 fully saturated rings. The molecule has 10 heteroatoms. The molecule has 2 N–H and O–H groups in total. The maximum Gasteiger partial charge on any atom is 0.387 e. The molecule has 1 atom stereocenters. The molecule has 1 aromatic rings. The largest absolute Gasteiger partial charge is 0.493 e. The van der Waals surface area contributed by atoms with Gasteiger partial charge in [-0.2, -0.15) is 8.78 Å². The predicted octanol–water partition coefficient (Wildman–Crippen LogP) is 3.07. The number of ether oxygens (including phenoxy) is 4. The first-order valence-corrected chi connectivity index (χ1v) is 9.84. The molecule has 0 spiro atoms. The second-order valence-electron chi connectivity index (χ2n) is 6.70. The van der Waals surface area contributed by atoms with Crippen LogP contribution in [0, 0.1) is 5.92 Å². The minimum atomic E-state index is -2.89. The van der Waals surface area contributed by atoms with E-state index in [1.165, 1.54) is 7.11 Å². The quantitative estimate of drug-likeness (QED) is 0.183. The van der Waals surface area contributed by atoms with Crippen molar-refractivity contribution in [2.24, 2.45) is 10.9 Å². The van der Waals surface area contributed by atoms with Gasteiger partial charge >= 0.3 is 6.61 Å². The summed E-state index contributed by atoms with van der Waals surface area (Å²) in [6, 6.07) is 5.01. The minimum Gasteiger partial charge on any atom is -0.493 e. The van der Waals surface area contributed by atoms with Gasteiger partial charge < -0.3 is 29.6 Å². The Morgan fingerprint density at radius 2 is 2.07 bits per heavy atom. The second kappa shape index (κ2) is 15.4. The number of hydrogen-bond donors (Lipinski definition) is 2. The molecular formula is C20H32F2IN3O4. The third kappa shape index (κ3) is 10.1. The molecular weight excluding hydrogens is 511 g/mol. The van der Waals surface area contributed by atoms with Gasteiger partial charge in [-0.05, 0) is 37.0 Å². The lowest BCUT2D eigenvalue weighted by atomic mass is 10.1. The summed E-state index contributed by atoms with van der Waals surface area (Å²) in [6.45, 7) is 1.54. The lowest BCUT2D eigenvalue weighted by molar-refractivity contribution is -0.0512. The molecule has 0 radical (unpaired) electrons. The van der Waals surface area contributed by atoms with E-state index in [9.17, 15) is 8.78 Å². The van der Waals surface area contributed by atoms with Gasteiger partial charge in [0.2, 0.25) is 0 Å². The summed E-state index contributed by atoms with van der Waals surface area (Å²) in [5.41, 5.74) is 0.855. The zero-order valence-electron chi connectivity index (χ0n) is 17.5. The first-order chi connectivity index (χ1) is 14.1. The number of nitrogens with zero attached hydrogens (tertiary/aromatic N) is 1. The highest BCUT2D eigenvalue weighted by Gasteiger charge is 2.15. The molecule has 172 valence electrons. The fourth-order valence-corrected chi connectivity index (χ4v) is 2.96. The Morgan fingerprint density at radius 3 is 2.73 bits per heavy atom. The zero-order valence-corrected chi connectivity index (χ0v) is 19.8. The van der Waals surface area contributed by atoms with Crippen LogP contribution in [-0.2, 0) is 15.9 Å². The van der Waals surface area contributed by atoms with E-state index in [4.69, 9.17) is 14.2 Å². The van der Waals surface area contributed by atoms with Crippen molar-refractivity contribution in [1.82, 2.24) is 10.6 Å². The highest BCUT2D eigenvalue weighted by atomic mass is 127. The van der Waals surface area contributed by atoms with Crippen molar-refractivity contribution in [1.29, 1.82) is 0 Å². The van der Waals surface area contributed by atoms with Crippen molar-refractivity contribution in [2.45, 2.75) is 25.9 Å². The number of alkyl halides is 2. The highest BCUT2D eigenvalue weighted by Crippen LogP contribution is 2.29. The standard InChI is InChI=1S/C20H31F2N3O4.HI/c1-23-20(24-8-3-10-27-13-16-7-11-28-14-16)25-9-6-15-4-5-17(26-2)18(12-15)29-19(21)22;/h4-5,12,16,19H,3,6-11,13-14H2,1-2H3,(H2,23,24,25);1H. The van der Waals surface area contributed by atoms with Crippen LogP contribution in [0.4, 0.5) is 8.78 Å². The van der Waals surface area contributed by atoms with Gasteiger partial charge in [-0.25, -0.2) is 0 Å². The molecule has 1 heterocycles. The number of aliphatic imine (C=N–C) groups is 1. The van der Waals surface area contributed by atoms with Crippen molar-refractivity contribution in [3.8, 4) is 11.5 Å². The first-order valence-electron chi connectivity index (χ1n) is 9.84. The van der Waals surface area contributed by atoms with Crippen LogP contribution >= 0.6 is 24.0 Å². The highest BCUT2D eigenvalue weighted by molar-refractivity contribution is 14.0. The Balaban J connectivity index is 0.00000450. The Kier molecular flexibility index (Phi) is 13.7. The summed E-state index contributed by atoms with van der Waals surface area (Å²) in [4.78, 5) is 4.18. The Morgan fingerprint density at radius 1 is 1.27 bits per heavy atom. The van der Waals surface area contributed by atoms with Gasteiger partial charge in [-0.3, -0.25) is 4.99 Å². The molecule has 0 saturated carbocycles. The number of halogens is 3. The molecule has 2 rings (SSSR count). The fourth-order valence-electron chi connectivity index (χ4n) is 2.96. The van der Waals surface area contributed by atoms with E-state index in [0.717, 1.165) is 44.8 Å².